The average Bonchev–Trinajstić information content (AvgIpc) is 3.61. The van der Waals surface area contributed by atoms with Crippen molar-refractivity contribution < 1.29 is 19.0 Å². The minimum atomic E-state index is -0.824. The fraction of sp³-hybridized carbons (Fsp3) is 0.231. The molecule has 436 valence electrons. The Labute approximate surface area is 528 Å². The first-order valence-corrected chi connectivity index (χ1v) is 29.3. The van der Waals surface area contributed by atoms with E-state index in [1.54, 1.807) is 72.8 Å². The van der Waals surface area contributed by atoms with E-state index >= 15 is 0 Å². The van der Waals surface area contributed by atoms with Crippen molar-refractivity contribution in [2.45, 2.75) is 52.2 Å². The standard InChI is InChI=1S/C26H26Cl4N8O2.C11H9Cl2FN4.C11H10Cl2N4O.C4H8Br2/c27-15-7-3-5-13(21(15)29)19-17(35-25(33)37-23(19)31)11-39-9-1-2-10-40-12-18-20(24(32)38-26(34)36-18)14-6-4-8-16(28)22(14)30;12-6-3-1-2-5(9(6)13)8-7(4-14)17-11(16)18-10(8)15;12-6-3-1-2-5(9(6)13)8-7(4-18)16-11(15)17-10(8)14;5-3-1-2-4-6/h3-8H,1-2,9-12H2,(H4,31,33,35,37)(H4,32,34,36,38);1-3H,4H2,(H4,15,16,17,18);1-3,18H,4H2,(H4,14,15,16,17);1-4H2. The van der Waals surface area contributed by atoms with Crippen LogP contribution < -0.4 is 45.9 Å². The van der Waals surface area contributed by atoms with Crippen molar-refractivity contribution in [3.05, 3.63) is 136 Å². The van der Waals surface area contributed by atoms with Crippen LogP contribution in [0.4, 0.5) is 51.5 Å². The molecular formula is C52H53Br2Cl8FN16O3. The summed E-state index contributed by atoms with van der Waals surface area (Å²) in [6.07, 6.45) is 3.99. The molecule has 30 heteroatoms. The van der Waals surface area contributed by atoms with E-state index in [4.69, 9.17) is 148 Å². The van der Waals surface area contributed by atoms with Gasteiger partial charge in [0.25, 0.3) is 0 Å². The highest BCUT2D eigenvalue weighted by atomic mass is 79.9. The van der Waals surface area contributed by atoms with Crippen molar-refractivity contribution in [2.24, 2.45) is 0 Å². The molecule has 4 aromatic heterocycles. The summed E-state index contributed by atoms with van der Waals surface area (Å²) < 4.78 is 24.7. The van der Waals surface area contributed by atoms with Gasteiger partial charge < -0.3 is 60.4 Å². The van der Waals surface area contributed by atoms with E-state index in [0.29, 0.717) is 123 Å². The molecule has 17 N–H and O–H groups in total. The Morgan fingerprint density at radius 3 is 0.939 bits per heavy atom. The summed E-state index contributed by atoms with van der Waals surface area (Å²) in [7, 11) is 0. The largest absolute Gasteiger partial charge is 0.390 e. The zero-order chi connectivity index (χ0) is 60.2. The van der Waals surface area contributed by atoms with Gasteiger partial charge in [0.15, 0.2) is 0 Å². The predicted molar refractivity (Wildman–Crippen MR) is 341 cm³/mol. The number of rotatable bonds is 18. The van der Waals surface area contributed by atoms with E-state index in [0.717, 1.165) is 10.7 Å². The molecule has 0 amide bonds. The molecule has 0 bridgehead atoms. The van der Waals surface area contributed by atoms with Gasteiger partial charge in [-0.05, 0) is 49.9 Å². The molecular weight excluding hydrogens is 1360 g/mol. The van der Waals surface area contributed by atoms with Crippen LogP contribution in [0, 0.1) is 0 Å². The molecule has 0 saturated carbocycles. The smallest absolute Gasteiger partial charge is 0.222 e. The van der Waals surface area contributed by atoms with Crippen molar-refractivity contribution in [2.75, 3.05) is 69.7 Å². The maximum atomic E-state index is 13.0. The van der Waals surface area contributed by atoms with Gasteiger partial charge in [0, 0.05) is 68.4 Å². The lowest BCUT2D eigenvalue weighted by Crippen LogP contribution is -2.09. The highest BCUT2D eigenvalue weighted by molar-refractivity contribution is 9.09. The first-order chi connectivity index (χ1) is 39.2. The number of benzene rings is 4. The fourth-order valence-electron chi connectivity index (χ4n) is 7.50. The van der Waals surface area contributed by atoms with Crippen LogP contribution in [-0.2, 0) is 36.0 Å². The Hall–Kier alpha value is -5.31. The monoisotopic (exact) mass is 1410 g/mol. The minimum absolute atomic E-state index is 0.00143. The number of unbranched alkanes of at least 4 members (excludes halogenated alkanes) is 2. The molecule has 8 aromatic rings. The molecule has 0 atom stereocenters. The number of nitrogen functional groups attached to an aromatic ring is 8. The Morgan fingerprint density at radius 1 is 0.390 bits per heavy atom. The number of alkyl halides is 3. The van der Waals surface area contributed by atoms with Gasteiger partial charge in [-0.25, -0.2) is 24.3 Å². The van der Waals surface area contributed by atoms with Crippen LogP contribution >= 0.6 is 125 Å². The molecule has 0 aliphatic carbocycles. The SMILES string of the molecule is BrCCCCBr.Nc1nc(N)c(-c2cccc(Cl)c2Cl)c(CF)n1.Nc1nc(N)c(-c2cccc(Cl)c2Cl)c(CO)n1.Nc1nc(N)c(-c2cccc(Cl)c2Cl)c(COCCCCOCc2nc(N)nc(N)c2-c2cccc(Cl)c2Cl)n1. The van der Waals surface area contributed by atoms with E-state index < -0.39 is 6.67 Å². The molecule has 4 heterocycles. The summed E-state index contributed by atoms with van der Waals surface area (Å²) >= 11 is 55.9. The first-order valence-electron chi connectivity index (χ1n) is 24.1. The summed E-state index contributed by atoms with van der Waals surface area (Å²) in [6.45, 7) is 0.0297. The van der Waals surface area contributed by atoms with E-state index in [2.05, 4.69) is 71.7 Å². The number of aliphatic hydroxyl groups is 1. The second-order valence-corrected chi connectivity index (χ2v) is 21.5. The molecule has 8 rings (SSSR count). The maximum absolute atomic E-state index is 13.0. The molecule has 0 aliphatic rings. The normalized spacial score (nSPS) is 10.8. The second kappa shape index (κ2) is 33.3. The summed E-state index contributed by atoms with van der Waals surface area (Å²) in [6, 6.07) is 20.5. The lowest BCUT2D eigenvalue weighted by atomic mass is 10.0. The zero-order valence-corrected chi connectivity index (χ0v) is 52.3. The van der Waals surface area contributed by atoms with Gasteiger partial charge in [-0.15, -0.1) is 0 Å². The van der Waals surface area contributed by atoms with Gasteiger partial charge in [0.1, 0.15) is 29.9 Å². The van der Waals surface area contributed by atoms with Gasteiger partial charge in [0.05, 0.1) is 82.8 Å². The molecule has 0 saturated heterocycles. The number of aliphatic hydroxyl groups excluding tert-OH is 1. The van der Waals surface area contributed by atoms with E-state index in [1.807, 2.05) is 0 Å². The van der Waals surface area contributed by atoms with Crippen molar-refractivity contribution in [3.8, 4) is 44.5 Å². The fourth-order valence-corrected chi connectivity index (χ4v) is 9.87. The topological polar surface area (TPSA) is 350 Å². The quantitative estimate of drug-likeness (QED) is 0.0285. The Morgan fingerprint density at radius 2 is 0.659 bits per heavy atom. The summed E-state index contributed by atoms with van der Waals surface area (Å²) in [5.74, 6) is 0.586. The number of nitrogens with zero attached hydrogens (tertiary/aromatic N) is 8. The minimum Gasteiger partial charge on any atom is -0.390 e. The highest BCUT2D eigenvalue weighted by Gasteiger charge is 2.22. The lowest BCUT2D eigenvalue weighted by Gasteiger charge is -2.15. The van der Waals surface area contributed by atoms with Crippen LogP contribution in [-0.4, -0.2) is 68.9 Å². The third kappa shape index (κ3) is 18.3. The number of anilines is 8. The Kier molecular flexibility index (Phi) is 27.4. The van der Waals surface area contributed by atoms with Crippen LogP contribution in [0.25, 0.3) is 44.5 Å². The van der Waals surface area contributed by atoms with Gasteiger partial charge in [-0.3, -0.25) is 0 Å². The molecule has 0 spiro atoms. The number of nitrogens with two attached hydrogens (primary N) is 8. The number of aromatic nitrogens is 8. The predicted octanol–water partition coefficient (Wildman–Crippen LogP) is 13.8. The second-order valence-electron chi connectivity index (χ2n) is 16.7. The molecule has 0 unspecified atom stereocenters. The number of hydrogen-bond acceptors (Lipinski definition) is 19. The van der Waals surface area contributed by atoms with Crippen LogP contribution in [0.1, 0.15) is 48.5 Å². The molecule has 0 radical (unpaired) electrons. The van der Waals surface area contributed by atoms with E-state index in [9.17, 15) is 9.50 Å². The third-order valence-corrected chi connectivity index (χ3v) is 15.5. The van der Waals surface area contributed by atoms with Gasteiger partial charge in [-0.1, -0.05) is 173 Å². The van der Waals surface area contributed by atoms with E-state index in [1.165, 1.54) is 12.8 Å². The van der Waals surface area contributed by atoms with E-state index in [-0.39, 0.29) is 77.6 Å². The molecule has 0 aliphatic heterocycles. The Bertz CT molecular complexity index is 3250. The lowest BCUT2D eigenvalue weighted by molar-refractivity contribution is 0.0879. The van der Waals surface area contributed by atoms with Crippen LogP contribution in [0.3, 0.4) is 0 Å². The number of ether oxygens (including phenoxy) is 2. The van der Waals surface area contributed by atoms with Crippen molar-refractivity contribution >= 4 is 172 Å². The van der Waals surface area contributed by atoms with Crippen molar-refractivity contribution in [1.82, 2.24) is 39.9 Å². The first kappa shape index (κ1) is 67.5. The average molecular weight is 1410 g/mol. The number of halogens is 11. The Balaban J connectivity index is 0.000000241. The van der Waals surface area contributed by atoms with Crippen LogP contribution in [0.5, 0.6) is 0 Å². The van der Waals surface area contributed by atoms with Crippen molar-refractivity contribution in [3.63, 3.8) is 0 Å². The molecule has 19 nitrogen and oxygen atoms in total. The van der Waals surface area contributed by atoms with Gasteiger partial charge in [0.2, 0.25) is 23.8 Å². The summed E-state index contributed by atoms with van der Waals surface area (Å²) in [4.78, 5) is 32.1. The van der Waals surface area contributed by atoms with Crippen LogP contribution in [0.2, 0.25) is 40.2 Å². The molecule has 4 aromatic carbocycles. The van der Waals surface area contributed by atoms with Crippen LogP contribution in [0.15, 0.2) is 72.8 Å². The molecule has 82 heavy (non-hydrogen) atoms. The highest BCUT2D eigenvalue weighted by Crippen LogP contribution is 2.41. The van der Waals surface area contributed by atoms with Gasteiger partial charge in [-0.2, -0.15) is 19.9 Å². The number of hydrogen-bond donors (Lipinski definition) is 9. The summed E-state index contributed by atoms with van der Waals surface area (Å²) in [5, 5.41) is 14.4. The van der Waals surface area contributed by atoms with Gasteiger partial charge >= 0.3 is 0 Å². The maximum Gasteiger partial charge on any atom is 0.222 e. The van der Waals surface area contributed by atoms with Crippen molar-refractivity contribution in [1.29, 1.82) is 0 Å². The zero-order valence-electron chi connectivity index (χ0n) is 43.0. The summed E-state index contributed by atoms with van der Waals surface area (Å²) in [5.41, 5.74) is 51.9. The molecule has 0 fully saturated rings. The third-order valence-electron chi connectivity index (χ3n) is 11.1.